The maximum atomic E-state index is 14.0. The number of carbonyl (C=O) groups is 2. The molecule has 68 heavy (non-hydrogen) atoms. The number of esters is 1. The molecule has 0 amide bonds. The zero-order chi connectivity index (χ0) is 48.9. The number of hydrogen-bond acceptors (Lipinski definition) is 9. The Kier molecular flexibility index (Phi) is 18.4. The predicted molar refractivity (Wildman–Crippen MR) is 274 cm³/mol. The number of methoxy groups -OCH3 is 1. The van der Waals surface area contributed by atoms with E-state index in [0.29, 0.717) is 35.5 Å². The molecule has 1 fully saturated rings. The van der Waals surface area contributed by atoms with Crippen LogP contribution in [0.5, 0.6) is 11.5 Å². The third kappa shape index (κ3) is 13.1. The molecule has 2 unspecified atom stereocenters. The van der Waals surface area contributed by atoms with Crippen LogP contribution in [0.4, 0.5) is 0 Å². The third-order valence-electron chi connectivity index (χ3n) is 12.2. The summed E-state index contributed by atoms with van der Waals surface area (Å²) in [6.07, 6.45) is 4.63. The van der Waals surface area contributed by atoms with Gasteiger partial charge in [-0.3, -0.25) is 0 Å². The van der Waals surface area contributed by atoms with Gasteiger partial charge >= 0.3 is 317 Å². The zero-order valence-corrected chi connectivity index (χ0v) is 43.7. The SMILES string of the molecule is C=CCOc1cc(OCOC)c(C(C)=O)c(C(CC[C@@H]2OC(C)(C)O[C@@H]2C(/C=C\[C@@H](C)[C@@H](C)O[Si](c2ccccc2)(c2ccccc2)C(C)(C)C)OC(=O)c2ccccc2)[Se]c2ccccc2)c1. The van der Waals surface area contributed by atoms with Crippen molar-refractivity contribution in [1.82, 2.24) is 0 Å². The molecule has 0 radical (unpaired) electrons. The van der Waals surface area contributed by atoms with E-state index in [1.165, 1.54) is 10.4 Å². The van der Waals surface area contributed by atoms with Crippen molar-refractivity contribution in [2.45, 2.75) is 108 Å². The average molecular weight is 1000 g/mol. The van der Waals surface area contributed by atoms with Crippen LogP contribution in [0, 0.1) is 5.92 Å². The normalized spacial score (nSPS) is 17.8. The number of carbonyl (C=O) groups excluding carboxylic acids is 2. The topological polar surface area (TPSA) is 98.8 Å². The second-order valence-electron chi connectivity index (χ2n) is 18.7. The Labute approximate surface area is 411 Å². The van der Waals surface area contributed by atoms with E-state index < -0.39 is 38.4 Å². The Balaban J connectivity index is 1.36. The first-order chi connectivity index (χ1) is 32.6. The summed E-state index contributed by atoms with van der Waals surface area (Å²) in [7, 11) is -1.33. The number of benzene rings is 5. The summed E-state index contributed by atoms with van der Waals surface area (Å²) in [5.41, 5.74) is 1.74. The van der Waals surface area contributed by atoms with E-state index >= 15 is 0 Å². The molecule has 9 nitrogen and oxygen atoms in total. The molecule has 6 atom stereocenters. The van der Waals surface area contributed by atoms with Gasteiger partial charge in [0.1, 0.15) is 0 Å². The number of hydrogen-bond donors (Lipinski definition) is 0. The Bertz CT molecular complexity index is 2380. The molecule has 5 aromatic carbocycles. The van der Waals surface area contributed by atoms with E-state index in [9.17, 15) is 9.59 Å². The molecular formula is C57H68O9SeSi. The van der Waals surface area contributed by atoms with Gasteiger partial charge in [-0.25, -0.2) is 0 Å². The second kappa shape index (κ2) is 24.0. The van der Waals surface area contributed by atoms with Crippen LogP contribution in [0.2, 0.25) is 5.04 Å². The predicted octanol–water partition coefficient (Wildman–Crippen LogP) is 10.2. The molecule has 0 bridgehead atoms. The fourth-order valence-corrected chi connectivity index (χ4v) is 16.2. The van der Waals surface area contributed by atoms with Crippen LogP contribution >= 0.6 is 0 Å². The maximum absolute atomic E-state index is 14.0. The van der Waals surface area contributed by atoms with Crippen molar-refractivity contribution < 1.29 is 42.4 Å². The molecule has 360 valence electrons. The fraction of sp³-hybridized carbons (Fsp3) is 0.368. The van der Waals surface area contributed by atoms with Gasteiger partial charge in [-0.2, -0.15) is 0 Å². The summed E-state index contributed by atoms with van der Waals surface area (Å²) in [4.78, 5) is 27.5. The van der Waals surface area contributed by atoms with Gasteiger partial charge < -0.3 is 0 Å². The molecule has 0 aromatic heterocycles. The first-order valence-corrected chi connectivity index (χ1v) is 27.2. The number of ketones is 1. The average Bonchev–Trinajstić information content (AvgIpc) is 3.65. The standard InChI is InChI=1S/C57H68O9SeSi/c1-11-36-61-44-37-48(53(41(3)58)51(38-44)62-39-60-10)52(67-45-26-18-13-19-27-45)35-34-50-54(65-57(8,9)64-50)49(63-55(59)43-24-16-12-17-25-43)33-32-40(2)42(4)66-68(56(5,6)7,46-28-20-14-21-29-46)47-30-22-15-23-31-47/h11-33,37-38,40,42,49-50,52,54H,1,34-36,39H2,2-10H3/b33-32-/t40-,42-,49?,50+,52?,54-/m1/s1. The Morgan fingerprint density at radius 3 is 1.97 bits per heavy atom. The van der Waals surface area contributed by atoms with Gasteiger partial charge in [-0.15, -0.1) is 0 Å². The van der Waals surface area contributed by atoms with Crippen molar-refractivity contribution in [3.05, 3.63) is 175 Å². The molecule has 0 spiro atoms. The van der Waals surface area contributed by atoms with Gasteiger partial charge in [-0.1, -0.05) is 81.4 Å². The minimum absolute atomic E-state index is 0.0390. The Hall–Kier alpha value is -5.10. The van der Waals surface area contributed by atoms with Gasteiger partial charge in [0.15, 0.2) is 0 Å². The van der Waals surface area contributed by atoms with Gasteiger partial charge in [-0.05, 0) is 15.4 Å². The number of ether oxygens (including phenoxy) is 6. The van der Waals surface area contributed by atoms with Crippen molar-refractivity contribution >= 4 is 49.9 Å². The molecule has 1 saturated heterocycles. The van der Waals surface area contributed by atoms with Crippen molar-refractivity contribution in [2.75, 3.05) is 20.5 Å². The molecular weight excluding hydrogens is 936 g/mol. The molecule has 6 rings (SSSR count). The van der Waals surface area contributed by atoms with Crippen LogP contribution < -0.4 is 24.3 Å². The zero-order valence-electron chi connectivity index (χ0n) is 41.0. The van der Waals surface area contributed by atoms with Crippen molar-refractivity contribution in [3.63, 3.8) is 0 Å². The van der Waals surface area contributed by atoms with Crippen LogP contribution in [0.3, 0.4) is 0 Å². The van der Waals surface area contributed by atoms with Crippen molar-refractivity contribution in [3.8, 4) is 11.5 Å². The van der Waals surface area contributed by atoms with E-state index in [4.69, 9.17) is 32.8 Å². The third-order valence-corrected chi connectivity index (χ3v) is 20.1. The van der Waals surface area contributed by atoms with E-state index in [1.807, 2.05) is 74.5 Å². The fourth-order valence-electron chi connectivity index (χ4n) is 8.84. The van der Waals surface area contributed by atoms with Crippen LogP contribution in [0.1, 0.15) is 99.3 Å². The molecule has 11 heteroatoms. The number of rotatable bonds is 23. The molecule has 5 aromatic rings. The van der Waals surface area contributed by atoms with Crippen LogP contribution in [0.25, 0.3) is 0 Å². The summed E-state index contributed by atoms with van der Waals surface area (Å²) < 4.78 is 46.0. The molecule has 1 heterocycles. The number of Topliss-reactive ketones (excluding diaryl/α,β-unsaturated/α-hetero) is 1. The van der Waals surface area contributed by atoms with Crippen molar-refractivity contribution in [1.29, 1.82) is 0 Å². The van der Waals surface area contributed by atoms with Gasteiger partial charge in [0.2, 0.25) is 0 Å². The van der Waals surface area contributed by atoms with Crippen LogP contribution in [-0.4, -0.2) is 85.7 Å². The summed E-state index contributed by atoms with van der Waals surface area (Å²) in [5, 5.41) is 2.20. The molecule has 0 saturated carbocycles. The molecule has 0 aliphatic carbocycles. The molecule has 1 aliphatic rings. The monoisotopic (exact) mass is 1000 g/mol. The van der Waals surface area contributed by atoms with E-state index in [-0.39, 0.29) is 56.0 Å². The first-order valence-electron chi connectivity index (χ1n) is 23.4. The minimum atomic E-state index is -2.88. The summed E-state index contributed by atoms with van der Waals surface area (Å²) >= 11 is -0.152. The van der Waals surface area contributed by atoms with E-state index in [0.717, 1.165) is 10.0 Å². The van der Waals surface area contributed by atoms with Gasteiger partial charge in [0.25, 0.3) is 0 Å². The first kappa shape index (κ1) is 52.3. The molecule has 0 N–H and O–H groups in total. The Morgan fingerprint density at radius 2 is 1.41 bits per heavy atom. The van der Waals surface area contributed by atoms with Gasteiger partial charge in [0.05, 0.1) is 0 Å². The quantitative estimate of drug-likeness (QED) is 0.0208. The summed E-state index contributed by atoms with van der Waals surface area (Å²) in [5.74, 6) is -0.732. The van der Waals surface area contributed by atoms with Crippen LogP contribution in [-0.2, 0) is 23.4 Å². The van der Waals surface area contributed by atoms with Crippen LogP contribution in [0.15, 0.2) is 158 Å². The van der Waals surface area contributed by atoms with E-state index in [2.05, 4.69) is 108 Å². The Morgan fingerprint density at radius 1 is 0.824 bits per heavy atom. The summed E-state index contributed by atoms with van der Waals surface area (Å²) in [6, 6.07) is 44.2. The second-order valence-corrected chi connectivity index (χ2v) is 25.6. The van der Waals surface area contributed by atoms with E-state index in [1.54, 1.807) is 38.3 Å². The molecule has 1 aliphatic heterocycles. The summed E-state index contributed by atoms with van der Waals surface area (Å²) in [6.45, 7) is 20.5. The van der Waals surface area contributed by atoms with Gasteiger partial charge in [0, 0.05) is 0 Å². The van der Waals surface area contributed by atoms with Crippen molar-refractivity contribution in [2.24, 2.45) is 5.92 Å².